The molecular formula is C29H39N5O7. The van der Waals surface area contributed by atoms with Crippen LogP contribution in [-0.2, 0) is 25.7 Å². The first-order valence-corrected chi connectivity index (χ1v) is 14.4. The number of benzene rings is 1. The molecule has 1 aromatic rings. The molecular weight excluding hydrogens is 530 g/mol. The third kappa shape index (κ3) is 6.80. The number of nitrogens with one attached hydrogen (secondary N) is 1. The molecule has 0 aliphatic carbocycles. The summed E-state index contributed by atoms with van der Waals surface area (Å²) in [7, 11) is 0. The maximum Gasteiger partial charge on any atom is 0.410 e. The molecule has 1 aromatic carbocycles. The van der Waals surface area contributed by atoms with Crippen LogP contribution in [0.5, 0.6) is 5.75 Å². The lowest BCUT2D eigenvalue weighted by molar-refractivity contribution is -0.137. The van der Waals surface area contributed by atoms with Gasteiger partial charge in [-0.05, 0) is 51.0 Å². The summed E-state index contributed by atoms with van der Waals surface area (Å²) in [6, 6.07) is 4.72. The summed E-state index contributed by atoms with van der Waals surface area (Å²) in [5, 5.41) is 2.32. The van der Waals surface area contributed by atoms with Crippen molar-refractivity contribution in [2.45, 2.75) is 70.7 Å². The highest BCUT2D eigenvalue weighted by atomic mass is 16.6. The van der Waals surface area contributed by atoms with Gasteiger partial charge in [0.1, 0.15) is 23.5 Å². The van der Waals surface area contributed by atoms with Crippen LogP contribution in [0.1, 0.15) is 62.4 Å². The van der Waals surface area contributed by atoms with Crippen LogP contribution in [0.25, 0.3) is 0 Å². The first kappa shape index (κ1) is 28.8. The number of amides is 5. The lowest BCUT2D eigenvalue weighted by atomic mass is 10.0. The predicted molar refractivity (Wildman–Crippen MR) is 147 cm³/mol. The van der Waals surface area contributed by atoms with Crippen LogP contribution in [0, 0.1) is 0 Å². The van der Waals surface area contributed by atoms with Gasteiger partial charge in [-0.25, -0.2) is 4.79 Å². The molecule has 3 saturated heterocycles. The summed E-state index contributed by atoms with van der Waals surface area (Å²) in [5.74, 6) is -0.201. The Morgan fingerprint density at radius 2 is 1.66 bits per heavy atom. The number of likely N-dealkylation sites (tertiary alicyclic amines) is 1. The fraction of sp³-hybridized carbons (Fsp3) is 0.621. The zero-order valence-corrected chi connectivity index (χ0v) is 24.0. The largest absolute Gasteiger partial charge is 0.490 e. The third-order valence-electron chi connectivity index (χ3n) is 7.98. The van der Waals surface area contributed by atoms with Crippen molar-refractivity contribution in [3.05, 3.63) is 29.3 Å². The molecule has 0 spiro atoms. The Bertz CT molecular complexity index is 1210. The first-order valence-electron chi connectivity index (χ1n) is 14.4. The van der Waals surface area contributed by atoms with Crippen LogP contribution < -0.4 is 10.1 Å². The fourth-order valence-electron chi connectivity index (χ4n) is 5.75. The number of piperidine rings is 2. The van der Waals surface area contributed by atoms with Gasteiger partial charge in [0, 0.05) is 70.6 Å². The molecule has 4 heterocycles. The Morgan fingerprint density at radius 3 is 2.32 bits per heavy atom. The Morgan fingerprint density at radius 1 is 0.951 bits per heavy atom. The number of imide groups is 1. The zero-order valence-electron chi connectivity index (χ0n) is 24.0. The Hall–Kier alpha value is -3.67. The van der Waals surface area contributed by atoms with E-state index < -0.39 is 17.6 Å². The summed E-state index contributed by atoms with van der Waals surface area (Å²) in [6.45, 7) is 9.72. The van der Waals surface area contributed by atoms with Crippen molar-refractivity contribution in [1.29, 1.82) is 0 Å². The van der Waals surface area contributed by atoms with E-state index >= 15 is 0 Å². The van der Waals surface area contributed by atoms with Gasteiger partial charge in [0.05, 0.1) is 6.54 Å². The molecule has 3 fully saturated rings. The normalized spacial score (nSPS) is 22.5. The number of hydrogen-bond donors (Lipinski definition) is 1. The number of fused-ring (bicyclic) bond motifs is 1. The van der Waals surface area contributed by atoms with E-state index in [1.165, 1.54) is 4.90 Å². The van der Waals surface area contributed by atoms with Crippen molar-refractivity contribution in [2.24, 2.45) is 0 Å². The van der Waals surface area contributed by atoms with Gasteiger partial charge in [-0.3, -0.25) is 29.4 Å². The highest BCUT2D eigenvalue weighted by Crippen LogP contribution is 2.31. The minimum atomic E-state index is -0.646. The molecule has 0 bridgehead atoms. The zero-order chi connectivity index (χ0) is 29.3. The van der Waals surface area contributed by atoms with Crippen molar-refractivity contribution in [3.63, 3.8) is 0 Å². The van der Waals surface area contributed by atoms with Crippen molar-refractivity contribution < 1.29 is 33.4 Å². The Labute approximate surface area is 239 Å². The monoisotopic (exact) mass is 569 g/mol. The molecule has 1 N–H and O–H groups in total. The van der Waals surface area contributed by atoms with Crippen molar-refractivity contribution in [1.82, 2.24) is 24.9 Å². The fourth-order valence-corrected chi connectivity index (χ4v) is 5.75. The van der Waals surface area contributed by atoms with E-state index in [2.05, 4.69) is 10.2 Å². The Balaban J connectivity index is 1.06. The molecule has 4 aliphatic rings. The van der Waals surface area contributed by atoms with E-state index in [1.54, 1.807) is 17.0 Å². The quantitative estimate of drug-likeness (QED) is 0.527. The van der Waals surface area contributed by atoms with E-state index in [4.69, 9.17) is 9.47 Å². The van der Waals surface area contributed by atoms with E-state index in [1.807, 2.05) is 31.7 Å². The van der Waals surface area contributed by atoms with Crippen molar-refractivity contribution in [3.8, 4) is 5.75 Å². The summed E-state index contributed by atoms with van der Waals surface area (Å²) in [6.07, 6.45) is 1.60. The van der Waals surface area contributed by atoms with Crippen molar-refractivity contribution in [2.75, 3.05) is 45.8 Å². The smallest absolute Gasteiger partial charge is 0.410 e. The summed E-state index contributed by atoms with van der Waals surface area (Å²) in [4.78, 5) is 69.1. The van der Waals surface area contributed by atoms with Gasteiger partial charge in [-0.15, -0.1) is 0 Å². The molecule has 1 unspecified atom stereocenters. The number of ether oxygens (including phenoxy) is 2. The summed E-state index contributed by atoms with van der Waals surface area (Å²) >= 11 is 0. The number of carbonyl (C=O) groups is 5. The minimum Gasteiger partial charge on any atom is -0.490 e. The van der Waals surface area contributed by atoms with Crippen LogP contribution >= 0.6 is 0 Å². The minimum absolute atomic E-state index is 0.0437. The van der Waals surface area contributed by atoms with E-state index in [0.29, 0.717) is 82.9 Å². The average molecular weight is 570 g/mol. The molecule has 1 atom stereocenters. The van der Waals surface area contributed by atoms with Gasteiger partial charge in [0.25, 0.3) is 5.91 Å². The highest BCUT2D eigenvalue weighted by Gasteiger charge is 2.39. The Kier molecular flexibility index (Phi) is 8.21. The maximum atomic E-state index is 12.9. The molecule has 0 aromatic heterocycles. The number of nitrogens with zero attached hydrogens (tertiary/aromatic N) is 4. The molecule has 0 saturated carbocycles. The SMILES string of the molecule is CC(C)(C)OC(=O)N1CCN(CC(=O)N2CCC(Oc3ccc4c(c3)CN(C3CCC(=O)NC3=O)C4=O)CC2)CC1. The maximum absolute atomic E-state index is 12.9. The number of carbonyl (C=O) groups excluding carboxylic acids is 5. The summed E-state index contributed by atoms with van der Waals surface area (Å²) in [5.41, 5.74) is 0.824. The second-order valence-corrected chi connectivity index (χ2v) is 12.2. The van der Waals surface area contributed by atoms with Crippen LogP contribution in [0.2, 0.25) is 0 Å². The topological polar surface area (TPSA) is 129 Å². The molecule has 12 heteroatoms. The molecule has 222 valence electrons. The first-order chi connectivity index (χ1) is 19.5. The molecule has 12 nitrogen and oxygen atoms in total. The molecule has 5 rings (SSSR count). The third-order valence-corrected chi connectivity index (χ3v) is 7.98. The van der Waals surface area contributed by atoms with Gasteiger partial charge in [0.2, 0.25) is 17.7 Å². The van der Waals surface area contributed by atoms with Gasteiger partial charge in [-0.2, -0.15) is 0 Å². The molecule has 41 heavy (non-hydrogen) atoms. The average Bonchev–Trinajstić information content (AvgIpc) is 3.23. The predicted octanol–water partition coefficient (Wildman–Crippen LogP) is 1.37. The van der Waals surface area contributed by atoms with Crippen molar-refractivity contribution >= 4 is 29.7 Å². The molecule has 4 aliphatic heterocycles. The second-order valence-electron chi connectivity index (χ2n) is 12.2. The van der Waals surface area contributed by atoms with Gasteiger partial charge in [0.15, 0.2) is 0 Å². The molecule has 5 amide bonds. The summed E-state index contributed by atoms with van der Waals surface area (Å²) < 4.78 is 11.7. The van der Waals surface area contributed by atoms with E-state index in [0.717, 1.165) is 5.56 Å². The second kappa shape index (κ2) is 11.7. The molecule has 0 radical (unpaired) electrons. The van der Waals surface area contributed by atoms with Gasteiger partial charge in [-0.1, -0.05) is 0 Å². The van der Waals surface area contributed by atoms with E-state index in [-0.39, 0.29) is 36.3 Å². The lowest BCUT2D eigenvalue weighted by Gasteiger charge is -2.37. The highest BCUT2D eigenvalue weighted by molar-refractivity contribution is 6.05. The van der Waals surface area contributed by atoms with Crippen LogP contribution in [0.3, 0.4) is 0 Å². The van der Waals surface area contributed by atoms with Crippen LogP contribution in [0.4, 0.5) is 4.79 Å². The number of piperazine rings is 1. The standard InChI is InChI=1S/C29H39N5O7/c1-29(2,3)41-28(39)33-14-12-31(13-15-33)18-25(36)32-10-8-20(9-11-32)40-21-4-5-22-19(16-21)17-34(27(22)38)23-6-7-24(35)30-26(23)37/h4-5,16,20,23H,6-15,17-18H2,1-3H3,(H,30,35,37). The lowest BCUT2D eigenvalue weighted by Crippen LogP contribution is -2.53. The van der Waals surface area contributed by atoms with E-state index in [9.17, 15) is 24.0 Å². The number of hydrogen-bond acceptors (Lipinski definition) is 8. The van der Waals surface area contributed by atoms with Gasteiger partial charge >= 0.3 is 6.09 Å². The van der Waals surface area contributed by atoms with Crippen LogP contribution in [0.15, 0.2) is 18.2 Å². The van der Waals surface area contributed by atoms with Gasteiger partial charge < -0.3 is 24.2 Å². The van der Waals surface area contributed by atoms with Crippen LogP contribution in [-0.4, -0.2) is 113 Å². The number of rotatable bonds is 5.